The fourth-order valence-corrected chi connectivity index (χ4v) is 2.57. The van der Waals surface area contributed by atoms with Gasteiger partial charge < -0.3 is 10.2 Å². The summed E-state index contributed by atoms with van der Waals surface area (Å²) in [5.74, 6) is 0. The van der Waals surface area contributed by atoms with Crippen molar-refractivity contribution in [3.05, 3.63) is 11.9 Å². The van der Waals surface area contributed by atoms with E-state index in [0.717, 1.165) is 25.3 Å². The Balaban J connectivity index is 1.73. The minimum absolute atomic E-state index is 0.112. The van der Waals surface area contributed by atoms with Crippen molar-refractivity contribution in [2.24, 2.45) is 0 Å². The van der Waals surface area contributed by atoms with Gasteiger partial charge in [0.05, 0.1) is 12.2 Å². The molecule has 6 nitrogen and oxygen atoms in total. The predicted octanol–water partition coefficient (Wildman–Crippen LogP) is 0.802. The summed E-state index contributed by atoms with van der Waals surface area (Å²) in [5, 5.41) is 11.9. The van der Waals surface area contributed by atoms with E-state index in [1.807, 2.05) is 4.68 Å². The molecule has 1 aliphatic heterocycles. The van der Waals surface area contributed by atoms with Crippen LogP contribution >= 0.6 is 0 Å². The molecular weight excluding hydrogens is 264 g/mol. The molecule has 0 saturated carbocycles. The smallest absolute Gasteiger partial charge is 0.0965 e. The number of likely N-dealkylation sites (N-methyl/N-ethyl adjacent to an activating group) is 1. The van der Waals surface area contributed by atoms with Crippen LogP contribution < -0.4 is 5.32 Å². The number of likely N-dealkylation sites (tertiary alicyclic amines) is 1. The Morgan fingerprint density at radius 3 is 2.71 bits per heavy atom. The summed E-state index contributed by atoms with van der Waals surface area (Å²) in [6.45, 7) is 11.6. The Bertz CT molecular complexity index is 434. The number of nitrogens with one attached hydrogen (secondary N) is 1. The van der Waals surface area contributed by atoms with Crippen molar-refractivity contribution in [3.8, 4) is 0 Å². The van der Waals surface area contributed by atoms with Gasteiger partial charge in [0.15, 0.2) is 0 Å². The van der Waals surface area contributed by atoms with Crippen molar-refractivity contribution in [2.75, 3.05) is 33.7 Å². The van der Waals surface area contributed by atoms with Crippen LogP contribution in [0.15, 0.2) is 6.20 Å². The standard InChI is InChI=1S/C15H30N6/c1-15(2,3)16-10-13-11-21(18-17-13)9-8-20-7-6-14(12-20)19(4)5/h11,14,16H,6-10,12H2,1-5H3. The summed E-state index contributed by atoms with van der Waals surface area (Å²) in [6.07, 6.45) is 3.32. The molecule has 1 fully saturated rings. The van der Waals surface area contributed by atoms with Gasteiger partial charge in [0, 0.05) is 37.4 Å². The third-order valence-electron chi connectivity index (χ3n) is 4.01. The van der Waals surface area contributed by atoms with Crippen LogP contribution in [0.2, 0.25) is 0 Å². The van der Waals surface area contributed by atoms with Crippen LogP contribution in [0.3, 0.4) is 0 Å². The van der Waals surface area contributed by atoms with Gasteiger partial charge in [0.2, 0.25) is 0 Å². The fraction of sp³-hybridized carbons (Fsp3) is 0.867. The largest absolute Gasteiger partial charge is 0.306 e. The van der Waals surface area contributed by atoms with E-state index in [9.17, 15) is 0 Å². The van der Waals surface area contributed by atoms with Gasteiger partial charge in [0.1, 0.15) is 0 Å². The number of aromatic nitrogens is 3. The molecule has 1 aromatic heterocycles. The molecule has 0 spiro atoms. The van der Waals surface area contributed by atoms with Crippen LogP contribution in [0.4, 0.5) is 0 Å². The lowest BCUT2D eigenvalue weighted by Crippen LogP contribution is -2.35. The maximum atomic E-state index is 4.23. The van der Waals surface area contributed by atoms with Crippen molar-refractivity contribution in [1.82, 2.24) is 30.1 Å². The average molecular weight is 294 g/mol. The fourth-order valence-electron chi connectivity index (χ4n) is 2.57. The van der Waals surface area contributed by atoms with Crippen molar-refractivity contribution >= 4 is 0 Å². The normalized spacial score (nSPS) is 20.6. The van der Waals surface area contributed by atoms with E-state index in [4.69, 9.17) is 0 Å². The van der Waals surface area contributed by atoms with Crippen LogP contribution in [0.1, 0.15) is 32.9 Å². The molecule has 0 radical (unpaired) electrons. The first-order valence-corrected chi connectivity index (χ1v) is 7.86. The number of rotatable bonds is 6. The van der Waals surface area contributed by atoms with E-state index in [1.165, 1.54) is 19.5 Å². The monoisotopic (exact) mass is 294 g/mol. The second-order valence-corrected chi connectivity index (χ2v) is 7.28. The third-order valence-corrected chi connectivity index (χ3v) is 4.01. The van der Waals surface area contributed by atoms with Gasteiger partial charge in [0.25, 0.3) is 0 Å². The van der Waals surface area contributed by atoms with Crippen molar-refractivity contribution in [1.29, 1.82) is 0 Å². The van der Waals surface area contributed by atoms with Crippen molar-refractivity contribution in [3.63, 3.8) is 0 Å². The summed E-state index contributed by atoms with van der Waals surface area (Å²) in [6, 6.07) is 0.701. The summed E-state index contributed by atoms with van der Waals surface area (Å²) >= 11 is 0. The highest BCUT2D eigenvalue weighted by Gasteiger charge is 2.23. The molecule has 6 heteroatoms. The number of hydrogen-bond acceptors (Lipinski definition) is 5. The van der Waals surface area contributed by atoms with Gasteiger partial charge in [-0.1, -0.05) is 5.21 Å². The molecule has 0 amide bonds. The predicted molar refractivity (Wildman–Crippen MR) is 85.1 cm³/mol. The minimum atomic E-state index is 0.112. The van der Waals surface area contributed by atoms with Crippen LogP contribution in [0, 0.1) is 0 Å². The van der Waals surface area contributed by atoms with E-state index in [0.29, 0.717) is 6.04 Å². The lowest BCUT2D eigenvalue weighted by molar-refractivity contribution is 0.260. The zero-order valence-electron chi connectivity index (χ0n) is 14.1. The highest BCUT2D eigenvalue weighted by atomic mass is 15.4. The first-order valence-electron chi connectivity index (χ1n) is 7.86. The van der Waals surface area contributed by atoms with Gasteiger partial charge in [-0.15, -0.1) is 5.10 Å². The molecule has 1 aliphatic rings. The highest BCUT2D eigenvalue weighted by molar-refractivity contribution is 4.93. The van der Waals surface area contributed by atoms with Crippen LogP contribution in [0.5, 0.6) is 0 Å². The van der Waals surface area contributed by atoms with Crippen molar-refractivity contribution < 1.29 is 0 Å². The van der Waals surface area contributed by atoms with Gasteiger partial charge in [-0.25, -0.2) is 0 Å². The molecule has 1 N–H and O–H groups in total. The zero-order chi connectivity index (χ0) is 15.5. The van der Waals surface area contributed by atoms with E-state index < -0.39 is 0 Å². The maximum Gasteiger partial charge on any atom is 0.0965 e. The van der Waals surface area contributed by atoms with Gasteiger partial charge >= 0.3 is 0 Å². The first-order chi connectivity index (χ1) is 9.83. The summed E-state index contributed by atoms with van der Waals surface area (Å²) in [7, 11) is 4.33. The highest BCUT2D eigenvalue weighted by Crippen LogP contribution is 2.12. The molecule has 0 bridgehead atoms. The molecule has 0 aliphatic carbocycles. The first kappa shape index (κ1) is 16.4. The van der Waals surface area contributed by atoms with Crippen LogP contribution in [0.25, 0.3) is 0 Å². The molecule has 1 unspecified atom stereocenters. The van der Waals surface area contributed by atoms with Gasteiger partial charge in [-0.3, -0.25) is 9.58 Å². The van der Waals surface area contributed by atoms with E-state index >= 15 is 0 Å². The molecule has 120 valence electrons. The molecule has 1 saturated heterocycles. The topological polar surface area (TPSA) is 49.2 Å². The summed E-state index contributed by atoms with van der Waals surface area (Å²) in [4.78, 5) is 4.84. The number of nitrogens with zero attached hydrogens (tertiary/aromatic N) is 5. The molecule has 2 rings (SSSR count). The maximum absolute atomic E-state index is 4.23. The Labute approximate surface area is 128 Å². The molecule has 21 heavy (non-hydrogen) atoms. The lowest BCUT2D eigenvalue weighted by Gasteiger charge is -2.20. The zero-order valence-corrected chi connectivity index (χ0v) is 14.1. The Morgan fingerprint density at radius 2 is 2.10 bits per heavy atom. The summed E-state index contributed by atoms with van der Waals surface area (Å²) < 4.78 is 1.96. The summed E-state index contributed by atoms with van der Waals surface area (Å²) in [5.41, 5.74) is 1.12. The van der Waals surface area contributed by atoms with E-state index in [1.54, 1.807) is 0 Å². The second-order valence-electron chi connectivity index (χ2n) is 7.28. The molecule has 1 atom stereocenters. The second kappa shape index (κ2) is 6.85. The lowest BCUT2D eigenvalue weighted by atomic mass is 10.1. The van der Waals surface area contributed by atoms with Crippen LogP contribution in [-0.4, -0.2) is 70.1 Å². The SMILES string of the molecule is CN(C)C1CCN(CCn2cc(CNC(C)(C)C)nn2)C1. The quantitative estimate of drug-likeness (QED) is 0.841. The van der Waals surface area contributed by atoms with E-state index in [2.05, 4.69) is 66.5 Å². The molecule has 2 heterocycles. The third kappa shape index (κ3) is 5.37. The average Bonchev–Trinajstić information content (AvgIpc) is 3.02. The van der Waals surface area contributed by atoms with Gasteiger partial charge in [-0.05, 0) is 47.8 Å². The Kier molecular flexibility index (Phi) is 5.35. The molecule has 1 aromatic rings. The van der Waals surface area contributed by atoms with Crippen LogP contribution in [-0.2, 0) is 13.1 Å². The minimum Gasteiger partial charge on any atom is -0.306 e. The molecule has 0 aromatic carbocycles. The Hall–Kier alpha value is -0.980. The van der Waals surface area contributed by atoms with Gasteiger partial charge in [-0.2, -0.15) is 0 Å². The Morgan fingerprint density at radius 1 is 1.33 bits per heavy atom. The van der Waals surface area contributed by atoms with E-state index in [-0.39, 0.29) is 5.54 Å². The number of hydrogen-bond donors (Lipinski definition) is 1. The van der Waals surface area contributed by atoms with Crippen molar-refractivity contribution in [2.45, 2.75) is 51.9 Å². The molecular formula is C15H30N6.